The van der Waals surface area contributed by atoms with Crippen LogP contribution in [-0.4, -0.2) is 20.9 Å². The minimum absolute atomic E-state index is 0.0336. The van der Waals surface area contributed by atoms with Crippen LogP contribution in [0.3, 0.4) is 0 Å². The molecule has 5 N–H and O–H groups in total. The SMILES string of the molecule is NC(=O)CNS(=O)(=O)c1cc(N)ccc1Br. The number of sulfonamides is 1. The van der Waals surface area contributed by atoms with Gasteiger partial charge in [0.15, 0.2) is 0 Å². The van der Waals surface area contributed by atoms with Crippen molar-refractivity contribution >= 4 is 37.5 Å². The van der Waals surface area contributed by atoms with Crippen LogP contribution in [0.5, 0.6) is 0 Å². The second-order valence-corrected chi connectivity index (χ2v) is 5.57. The second-order valence-electron chi connectivity index (χ2n) is 2.98. The van der Waals surface area contributed by atoms with Gasteiger partial charge in [0, 0.05) is 10.2 Å². The first-order chi connectivity index (χ1) is 7.33. The van der Waals surface area contributed by atoms with Crippen molar-refractivity contribution in [3.63, 3.8) is 0 Å². The smallest absolute Gasteiger partial charge is 0.242 e. The Kier molecular flexibility index (Phi) is 3.89. The number of anilines is 1. The molecular formula is C8H10BrN3O3S. The Balaban J connectivity index is 3.07. The molecule has 1 aromatic rings. The Hall–Kier alpha value is -1.12. The lowest BCUT2D eigenvalue weighted by Gasteiger charge is -2.07. The highest BCUT2D eigenvalue weighted by atomic mass is 79.9. The first-order valence-corrected chi connectivity index (χ1v) is 6.43. The van der Waals surface area contributed by atoms with Crippen molar-refractivity contribution in [1.82, 2.24) is 4.72 Å². The van der Waals surface area contributed by atoms with Crippen molar-refractivity contribution in [2.24, 2.45) is 5.73 Å². The van der Waals surface area contributed by atoms with Crippen molar-refractivity contribution in [3.05, 3.63) is 22.7 Å². The molecule has 0 aliphatic carbocycles. The molecule has 0 bridgehead atoms. The van der Waals surface area contributed by atoms with Gasteiger partial charge in [-0.25, -0.2) is 13.1 Å². The molecule has 1 amide bonds. The van der Waals surface area contributed by atoms with Gasteiger partial charge in [-0.1, -0.05) is 0 Å². The zero-order valence-electron chi connectivity index (χ0n) is 8.10. The summed E-state index contributed by atoms with van der Waals surface area (Å²) in [5.74, 6) is -0.761. The average Bonchev–Trinajstić information content (AvgIpc) is 2.19. The molecule has 0 atom stereocenters. The van der Waals surface area contributed by atoms with E-state index in [1.807, 2.05) is 0 Å². The quantitative estimate of drug-likeness (QED) is 0.668. The standard InChI is InChI=1S/C8H10BrN3O3S/c9-6-2-1-5(10)3-7(6)16(14,15)12-4-8(11)13/h1-3,12H,4,10H2,(H2,11,13). The highest BCUT2D eigenvalue weighted by Crippen LogP contribution is 2.23. The summed E-state index contributed by atoms with van der Waals surface area (Å²) in [6.45, 7) is -0.455. The summed E-state index contributed by atoms with van der Waals surface area (Å²) < 4.78 is 25.8. The number of nitrogens with one attached hydrogen (secondary N) is 1. The van der Waals surface area contributed by atoms with Gasteiger partial charge in [0.2, 0.25) is 15.9 Å². The van der Waals surface area contributed by atoms with Crippen LogP contribution in [0.15, 0.2) is 27.6 Å². The maximum atomic E-state index is 11.7. The van der Waals surface area contributed by atoms with Crippen LogP contribution in [-0.2, 0) is 14.8 Å². The van der Waals surface area contributed by atoms with Crippen LogP contribution in [0, 0.1) is 0 Å². The Labute approximate surface area is 101 Å². The number of primary amides is 1. The Morgan fingerprint density at radius 1 is 1.44 bits per heavy atom. The lowest BCUT2D eigenvalue weighted by atomic mass is 10.3. The van der Waals surface area contributed by atoms with E-state index in [4.69, 9.17) is 11.5 Å². The van der Waals surface area contributed by atoms with E-state index < -0.39 is 22.5 Å². The van der Waals surface area contributed by atoms with Gasteiger partial charge in [0.1, 0.15) is 0 Å². The number of rotatable bonds is 4. The summed E-state index contributed by atoms with van der Waals surface area (Å²) in [5, 5.41) is 0. The highest BCUT2D eigenvalue weighted by Gasteiger charge is 2.18. The number of nitrogens with two attached hydrogens (primary N) is 2. The maximum Gasteiger partial charge on any atom is 0.242 e. The minimum Gasteiger partial charge on any atom is -0.399 e. The lowest BCUT2D eigenvalue weighted by molar-refractivity contribution is -0.116. The zero-order chi connectivity index (χ0) is 12.3. The highest BCUT2D eigenvalue weighted by molar-refractivity contribution is 9.10. The van der Waals surface area contributed by atoms with Gasteiger partial charge in [0.25, 0.3) is 0 Å². The molecule has 8 heteroatoms. The predicted octanol–water partition coefficient (Wildman–Crippen LogP) is -0.205. The minimum atomic E-state index is -3.79. The maximum absolute atomic E-state index is 11.7. The van der Waals surface area contributed by atoms with Crippen LogP contribution in [0.1, 0.15) is 0 Å². The molecular weight excluding hydrogens is 298 g/mol. The number of carbonyl (C=O) groups excluding carboxylic acids is 1. The molecule has 1 aromatic carbocycles. The molecule has 0 saturated carbocycles. The van der Waals surface area contributed by atoms with Gasteiger partial charge in [-0.2, -0.15) is 0 Å². The van der Waals surface area contributed by atoms with Gasteiger partial charge in [0.05, 0.1) is 11.4 Å². The summed E-state index contributed by atoms with van der Waals surface area (Å²) in [5.41, 5.74) is 10.6. The molecule has 0 aliphatic heterocycles. The first kappa shape index (κ1) is 12.9. The molecule has 0 heterocycles. The largest absolute Gasteiger partial charge is 0.399 e. The topological polar surface area (TPSA) is 115 Å². The summed E-state index contributed by atoms with van der Waals surface area (Å²) in [7, 11) is -3.79. The van der Waals surface area contributed by atoms with Crippen LogP contribution in [0.4, 0.5) is 5.69 Å². The number of nitrogen functional groups attached to an aromatic ring is 1. The molecule has 0 aromatic heterocycles. The van der Waals surface area contributed by atoms with Crippen LogP contribution < -0.4 is 16.2 Å². The van der Waals surface area contributed by atoms with Gasteiger partial charge >= 0.3 is 0 Å². The number of halogens is 1. The third kappa shape index (κ3) is 3.19. The monoisotopic (exact) mass is 307 g/mol. The molecule has 88 valence electrons. The Bertz CT molecular complexity index is 515. The van der Waals surface area contributed by atoms with Gasteiger partial charge in [-0.3, -0.25) is 4.79 Å². The van der Waals surface area contributed by atoms with E-state index in [9.17, 15) is 13.2 Å². The number of carbonyl (C=O) groups is 1. The molecule has 6 nitrogen and oxygen atoms in total. The van der Waals surface area contributed by atoms with E-state index in [-0.39, 0.29) is 4.90 Å². The third-order valence-corrected chi connectivity index (χ3v) is 4.08. The molecule has 0 aliphatic rings. The number of hydrogen-bond acceptors (Lipinski definition) is 4. The summed E-state index contributed by atoms with van der Waals surface area (Å²) in [6.07, 6.45) is 0. The predicted molar refractivity (Wildman–Crippen MR) is 62.9 cm³/mol. The van der Waals surface area contributed by atoms with E-state index in [2.05, 4.69) is 20.7 Å². The van der Waals surface area contributed by atoms with Crippen molar-refractivity contribution in [2.45, 2.75) is 4.90 Å². The summed E-state index contributed by atoms with van der Waals surface area (Å²) >= 11 is 3.08. The molecule has 16 heavy (non-hydrogen) atoms. The lowest BCUT2D eigenvalue weighted by Crippen LogP contribution is -2.33. The molecule has 0 unspecified atom stereocenters. The fraction of sp³-hybridized carbons (Fsp3) is 0.125. The van der Waals surface area contributed by atoms with E-state index >= 15 is 0 Å². The van der Waals surface area contributed by atoms with Gasteiger partial charge in [-0.05, 0) is 34.1 Å². The van der Waals surface area contributed by atoms with Crippen LogP contribution in [0.2, 0.25) is 0 Å². The number of benzene rings is 1. The first-order valence-electron chi connectivity index (χ1n) is 4.16. The third-order valence-electron chi connectivity index (χ3n) is 1.68. The van der Waals surface area contributed by atoms with Crippen molar-refractivity contribution in [3.8, 4) is 0 Å². The molecule has 0 radical (unpaired) electrons. The zero-order valence-corrected chi connectivity index (χ0v) is 10.5. The van der Waals surface area contributed by atoms with Gasteiger partial charge < -0.3 is 11.5 Å². The number of amides is 1. The summed E-state index contributed by atoms with van der Waals surface area (Å²) in [4.78, 5) is 10.5. The van der Waals surface area contributed by atoms with Crippen molar-refractivity contribution in [1.29, 1.82) is 0 Å². The number of hydrogen-bond donors (Lipinski definition) is 3. The van der Waals surface area contributed by atoms with Gasteiger partial charge in [-0.15, -0.1) is 0 Å². The molecule has 1 rings (SSSR count). The fourth-order valence-corrected chi connectivity index (χ4v) is 2.96. The van der Waals surface area contributed by atoms with E-state index in [0.29, 0.717) is 10.2 Å². The fourth-order valence-electron chi connectivity index (χ4n) is 0.970. The van der Waals surface area contributed by atoms with Crippen LogP contribution >= 0.6 is 15.9 Å². The molecule has 0 saturated heterocycles. The molecule has 0 spiro atoms. The normalized spacial score (nSPS) is 11.3. The molecule has 0 fully saturated rings. The van der Waals surface area contributed by atoms with Crippen molar-refractivity contribution < 1.29 is 13.2 Å². The van der Waals surface area contributed by atoms with E-state index in [1.54, 1.807) is 6.07 Å². The van der Waals surface area contributed by atoms with Crippen LogP contribution in [0.25, 0.3) is 0 Å². The van der Waals surface area contributed by atoms with E-state index in [0.717, 1.165) is 0 Å². The van der Waals surface area contributed by atoms with Crippen molar-refractivity contribution in [2.75, 3.05) is 12.3 Å². The Morgan fingerprint density at radius 3 is 2.62 bits per heavy atom. The Morgan fingerprint density at radius 2 is 2.06 bits per heavy atom. The average molecular weight is 308 g/mol. The summed E-state index contributed by atoms with van der Waals surface area (Å²) in [6, 6.07) is 4.35. The second kappa shape index (κ2) is 4.81. The van der Waals surface area contributed by atoms with E-state index in [1.165, 1.54) is 12.1 Å².